The lowest BCUT2D eigenvalue weighted by Crippen LogP contribution is -2.12. The molecular formula is C13H15BrClN3. The first-order chi connectivity index (χ1) is 8.58. The average Bonchev–Trinajstić information content (AvgIpc) is 2.75. The number of hydrogen-bond donors (Lipinski definition) is 1. The standard InChI is InChI=1S/C13H15BrClN3/c1-18-7-6-17-13(18)5-4-12(16)9-2-3-10(14)11(15)8-9/h2-3,6-8,12H,4-5,16H2,1H3. The van der Waals surface area contributed by atoms with Crippen LogP contribution < -0.4 is 5.73 Å². The number of nitrogens with zero attached hydrogens (tertiary/aromatic N) is 2. The van der Waals surface area contributed by atoms with Crippen LogP contribution in [0.3, 0.4) is 0 Å². The number of benzene rings is 1. The Kier molecular flexibility index (Phi) is 4.43. The maximum atomic E-state index is 6.17. The van der Waals surface area contributed by atoms with E-state index in [9.17, 15) is 0 Å². The average molecular weight is 329 g/mol. The molecule has 1 heterocycles. The van der Waals surface area contributed by atoms with Crippen molar-refractivity contribution in [3.8, 4) is 0 Å². The normalized spacial score (nSPS) is 12.7. The molecule has 1 atom stereocenters. The Morgan fingerprint density at radius 3 is 2.89 bits per heavy atom. The molecule has 18 heavy (non-hydrogen) atoms. The van der Waals surface area contributed by atoms with E-state index < -0.39 is 0 Å². The van der Waals surface area contributed by atoms with Crippen LogP contribution in [0.2, 0.25) is 5.02 Å². The molecule has 0 aliphatic carbocycles. The molecule has 0 amide bonds. The topological polar surface area (TPSA) is 43.8 Å². The number of aromatic nitrogens is 2. The molecule has 0 aliphatic heterocycles. The molecule has 1 aromatic heterocycles. The van der Waals surface area contributed by atoms with Crippen LogP contribution in [0.25, 0.3) is 0 Å². The van der Waals surface area contributed by atoms with Gasteiger partial charge in [0.25, 0.3) is 0 Å². The molecule has 0 aliphatic rings. The second-order valence-electron chi connectivity index (χ2n) is 4.27. The molecule has 0 spiro atoms. The van der Waals surface area contributed by atoms with Gasteiger partial charge in [-0.3, -0.25) is 0 Å². The van der Waals surface area contributed by atoms with E-state index in [-0.39, 0.29) is 6.04 Å². The molecule has 0 bridgehead atoms. The van der Waals surface area contributed by atoms with Crippen LogP contribution in [0.1, 0.15) is 23.9 Å². The van der Waals surface area contributed by atoms with E-state index >= 15 is 0 Å². The van der Waals surface area contributed by atoms with Crippen molar-refractivity contribution in [2.75, 3.05) is 0 Å². The number of aryl methyl sites for hydroxylation is 2. The zero-order valence-corrected chi connectivity index (χ0v) is 12.4. The maximum absolute atomic E-state index is 6.17. The summed E-state index contributed by atoms with van der Waals surface area (Å²) in [5.41, 5.74) is 7.22. The fraction of sp³-hybridized carbons (Fsp3) is 0.308. The van der Waals surface area contributed by atoms with Crippen LogP contribution in [-0.4, -0.2) is 9.55 Å². The van der Waals surface area contributed by atoms with Crippen LogP contribution in [0, 0.1) is 0 Å². The summed E-state index contributed by atoms with van der Waals surface area (Å²) in [7, 11) is 1.99. The Balaban J connectivity index is 2.01. The van der Waals surface area contributed by atoms with Crippen molar-refractivity contribution < 1.29 is 0 Å². The molecule has 0 radical (unpaired) electrons. The predicted molar refractivity (Wildman–Crippen MR) is 77.6 cm³/mol. The van der Waals surface area contributed by atoms with Crippen LogP contribution in [-0.2, 0) is 13.5 Å². The van der Waals surface area contributed by atoms with Crippen LogP contribution in [0.15, 0.2) is 35.1 Å². The van der Waals surface area contributed by atoms with Gasteiger partial charge in [-0.05, 0) is 40.0 Å². The first-order valence-corrected chi connectivity index (χ1v) is 6.91. The lowest BCUT2D eigenvalue weighted by molar-refractivity contribution is 0.621. The van der Waals surface area contributed by atoms with Gasteiger partial charge in [-0.15, -0.1) is 0 Å². The molecule has 1 unspecified atom stereocenters. The first kappa shape index (κ1) is 13.6. The fourth-order valence-corrected chi connectivity index (χ4v) is 2.27. The van der Waals surface area contributed by atoms with Crippen molar-refractivity contribution in [3.05, 3.63) is 51.5 Å². The van der Waals surface area contributed by atoms with Crippen molar-refractivity contribution in [2.45, 2.75) is 18.9 Å². The van der Waals surface area contributed by atoms with Gasteiger partial charge in [0.2, 0.25) is 0 Å². The summed E-state index contributed by atoms with van der Waals surface area (Å²) in [6.45, 7) is 0. The second kappa shape index (κ2) is 5.87. The van der Waals surface area contributed by atoms with Gasteiger partial charge in [-0.2, -0.15) is 0 Å². The van der Waals surface area contributed by atoms with Crippen molar-refractivity contribution in [1.29, 1.82) is 0 Å². The Hall–Kier alpha value is -0.840. The minimum Gasteiger partial charge on any atom is -0.338 e. The predicted octanol–water partition coefficient (Wildman–Crippen LogP) is 3.47. The van der Waals surface area contributed by atoms with Crippen molar-refractivity contribution in [1.82, 2.24) is 9.55 Å². The quantitative estimate of drug-likeness (QED) is 0.934. The number of imidazole rings is 1. The summed E-state index contributed by atoms with van der Waals surface area (Å²) in [6, 6.07) is 5.82. The third kappa shape index (κ3) is 3.13. The van der Waals surface area contributed by atoms with Gasteiger partial charge in [0.15, 0.2) is 0 Å². The molecular weight excluding hydrogens is 314 g/mol. The Morgan fingerprint density at radius 2 is 2.28 bits per heavy atom. The van der Waals surface area contributed by atoms with Gasteiger partial charge in [0.05, 0.1) is 5.02 Å². The summed E-state index contributed by atoms with van der Waals surface area (Å²) in [5.74, 6) is 1.05. The van der Waals surface area contributed by atoms with Gasteiger partial charge in [0.1, 0.15) is 5.82 Å². The summed E-state index contributed by atoms with van der Waals surface area (Å²) in [5, 5.41) is 0.694. The van der Waals surface area contributed by atoms with E-state index in [1.807, 2.05) is 36.0 Å². The Labute approximate surface area is 120 Å². The molecule has 0 fully saturated rings. The molecule has 5 heteroatoms. The number of hydrogen-bond acceptors (Lipinski definition) is 2. The van der Waals surface area contributed by atoms with Crippen LogP contribution >= 0.6 is 27.5 Å². The minimum atomic E-state index is -0.0210. The lowest BCUT2D eigenvalue weighted by atomic mass is 10.0. The molecule has 1 aromatic carbocycles. The van der Waals surface area contributed by atoms with E-state index in [4.69, 9.17) is 17.3 Å². The van der Waals surface area contributed by atoms with E-state index in [1.54, 1.807) is 6.20 Å². The second-order valence-corrected chi connectivity index (χ2v) is 5.53. The largest absolute Gasteiger partial charge is 0.338 e. The van der Waals surface area contributed by atoms with Crippen LogP contribution in [0.4, 0.5) is 0 Å². The van der Waals surface area contributed by atoms with Crippen molar-refractivity contribution in [3.63, 3.8) is 0 Å². The van der Waals surface area contributed by atoms with Gasteiger partial charge in [-0.1, -0.05) is 17.7 Å². The highest BCUT2D eigenvalue weighted by molar-refractivity contribution is 9.10. The van der Waals surface area contributed by atoms with Gasteiger partial charge in [-0.25, -0.2) is 4.98 Å². The molecule has 2 N–H and O–H groups in total. The molecule has 3 nitrogen and oxygen atoms in total. The highest BCUT2D eigenvalue weighted by atomic mass is 79.9. The molecule has 2 rings (SSSR count). The minimum absolute atomic E-state index is 0.0210. The highest BCUT2D eigenvalue weighted by Gasteiger charge is 2.09. The van der Waals surface area contributed by atoms with Crippen molar-refractivity contribution >= 4 is 27.5 Å². The summed E-state index contributed by atoms with van der Waals surface area (Å²) in [6.07, 6.45) is 5.45. The Bertz CT molecular complexity index is 539. The molecule has 0 saturated carbocycles. The third-order valence-electron chi connectivity index (χ3n) is 2.97. The SMILES string of the molecule is Cn1ccnc1CCC(N)c1ccc(Br)c(Cl)c1. The maximum Gasteiger partial charge on any atom is 0.108 e. The van der Waals surface area contributed by atoms with E-state index in [0.717, 1.165) is 28.7 Å². The van der Waals surface area contributed by atoms with Gasteiger partial charge >= 0.3 is 0 Å². The summed E-state index contributed by atoms with van der Waals surface area (Å²) in [4.78, 5) is 4.29. The number of halogens is 2. The smallest absolute Gasteiger partial charge is 0.108 e. The van der Waals surface area contributed by atoms with E-state index in [0.29, 0.717) is 5.02 Å². The number of rotatable bonds is 4. The monoisotopic (exact) mass is 327 g/mol. The van der Waals surface area contributed by atoms with E-state index in [2.05, 4.69) is 20.9 Å². The van der Waals surface area contributed by atoms with Gasteiger partial charge < -0.3 is 10.3 Å². The zero-order chi connectivity index (χ0) is 13.1. The highest BCUT2D eigenvalue weighted by Crippen LogP contribution is 2.26. The molecule has 96 valence electrons. The first-order valence-electron chi connectivity index (χ1n) is 5.74. The zero-order valence-electron chi connectivity index (χ0n) is 10.1. The lowest BCUT2D eigenvalue weighted by Gasteiger charge is -2.12. The number of nitrogens with two attached hydrogens (primary N) is 1. The summed E-state index contributed by atoms with van der Waals surface area (Å²) < 4.78 is 2.91. The van der Waals surface area contributed by atoms with Crippen LogP contribution in [0.5, 0.6) is 0 Å². The van der Waals surface area contributed by atoms with Crippen molar-refractivity contribution in [2.24, 2.45) is 12.8 Å². The fourth-order valence-electron chi connectivity index (χ4n) is 1.83. The summed E-state index contributed by atoms with van der Waals surface area (Å²) >= 11 is 9.44. The molecule has 2 aromatic rings. The van der Waals surface area contributed by atoms with E-state index in [1.165, 1.54) is 0 Å². The van der Waals surface area contributed by atoms with Gasteiger partial charge in [0, 0.05) is 36.4 Å². The third-order valence-corrected chi connectivity index (χ3v) is 4.20. The molecule has 0 saturated heterocycles. The Morgan fingerprint density at radius 1 is 1.50 bits per heavy atom.